The molecular formula is C28H26Cl2N4O3S. The van der Waals surface area contributed by atoms with Gasteiger partial charge in [-0.3, -0.25) is 9.10 Å². The molecule has 0 unspecified atom stereocenters. The van der Waals surface area contributed by atoms with E-state index in [0.717, 1.165) is 34.5 Å². The molecule has 0 atom stereocenters. The third-order valence-electron chi connectivity index (χ3n) is 5.98. The summed E-state index contributed by atoms with van der Waals surface area (Å²) in [7, 11) is -3.56. The molecular weight excluding hydrogens is 543 g/mol. The Kier molecular flexibility index (Phi) is 8.26. The van der Waals surface area contributed by atoms with Crippen LogP contribution in [0.3, 0.4) is 0 Å². The van der Waals surface area contributed by atoms with E-state index in [1.807, 2.05) is 44.2 Å². The molecule has 3 aromatic carbocycles. The number of aromatic nitrogens is 1. The smallest absolute Gasteiger partial charge is 0.271 e. The molecule has 4 rings (SSSR count). The molecule has 7 nitrogen and oxygen atoms in total. The summed E-state index contributed by atoms with van der Waals surface area (Å²) in [6.07, 6.45) is 2.74. The maximum atomic E-state index is 12.7. The molecule has 0 aliphatic carbocycles. The number of hydrogen-bond acceptors (Lipinski definition) is 4. The van der Waals surface area contributed by atoms with Crippen molar-refractivity contribution in [1.82, 2.24) is 9.99 Å². The van der Waals surface area contributed by atoms with Gasteiger partial charge in [0.05, 0.1) is 24.7 Å². The predicted octanol–water partition coefficient (Wildman–Crippen LogP) is 6.13. The van der Waals surface area contributed by atoms with Gasteiger partial charge in [-0.2, -0.15) is 5.10 Å². The highest BCUT2D eigenvalue weighted by molar-refractivity contribution is 7.92. The highest BCUT2D eigenvalue weighted by Crippen LogP contribution is 2.23. The summed E-state index contributed by atoms with van der Waals surface area (Å²) in [5.41, 5.74) is 7.93. The van der Waals surface area contributed by atoms with E-state index in [1.165, 1.54) is 4.31 Å². The second-order valence-corrected chi connectivity index (χ2v) is 11.6. The Hall–Kier alpha value is -3.59. The Morgan fingerprint density at radius 2 is 1.53 bits per heavy atom. The van der Waals surface area contributed by atoms with Gasteiger partial charge in [0.2, 0.25) is 10.0 Å². The second-order valence-electron chi connectivity index (χ2n) is 8.78. The zero-order chi connectivity index (χ0) is 27.4. The van der Waals surface area contributed by atoms with Crippen LogP contribution in [0.25, 0.3) is 5.69 Å². The molecule has 0 aliphatic heterocycles. The van der Waals surface area contributed by atoms with Crippen LogP contribution in [0, 0.1) is 13.8 Å². The number of benzene rings is 3. The number of halogens is 2. The number of amides is 1. The number of aryl methyl sites for hydroxylation is 1. The van der Waals surface area contributed by atoms with Crippen molar-refractivity contribution in [3.05, 3.63) is 117 Å². The molecule has 0 fully saturated rings. The summed E-state index contributed by atoms with van der Waals surface area (Å²) < 4.78 is 28.3. The topological polar surface area (TPSA) is 83.8 Å². The fraction of sp³-hybridized carbons (Fsp3) is 0.143. The summed E-state index contributed by atoms with van der Waals surface area (Å²) in [5, 5.41) is 5.36. The number of carbonyl (C=O) groups is 1. The van der Waals surface area contributed by atoms with E-state index in [9.17, 15) is 13.2 Å². The SMILES string of the molecule is Cc1cc(/C=N\NC(=O)c2ccc(N(Cc3ccc(Cl)cc3)S(C)(=O)=O)cc2)c(C)n1-c1ccc(Cl)cc1. The quantitative estimate of drug-likeness (QED) is 0.205. The van der Waals surface area contributed by atoms with Gasteiger partial charge in [0.25, 0.3) is 5.91 Å². The molecule has 196 valence electrons. The lowest BCUT2D eigenvalue weighted by molar-refractivity contribution is 0.0955. The van der Waals surface area contributed by atoms with Crippen LogP contribution < -0.4 is 9.73 Å². The summed E-state index contributed by atoms with van der Waals surface area (Å²) in [6, 6.07) is 22.8. The predicted molar refractivity (Wildman–Crippen MR) is 154 cm³/mol. The molecule has 38 heavy (non-hydrogen) atoms. The van der Waals surface area contributed by atoms with Gasteiger partial charge in [-0.15, -0.1) is 0 Å². The van der Waals surface area contributed by atoms with Crippen LogP contribution in [0.1, 0.15) is 32.9 Å². The lowest BCUT2D eigenvalue weighted by Crippen LogP contribution is -2.29. The van der Waals surface area contributed by atoms with E-state index in [0.29, 0.717) is 21.3 Å². The molecule has 0 radical (unpaired) electrons. The van der Waals surface area contributed by atoms with Crippen LogP contribution in [-0.4, -0.2) is 31.4 Å². The number of sulfonamides is 1. The van der Waals surface area contributed by atoms with Crippen LogP contribution in [0.5, 0.6) is 0 Å². The van der Waals surface area contributed by atoms with Crippen molar-refractivity contribution < 1.29 is 13.2 Å². The number of rotatable bonds is 8. The van der Waals surface area contributed by atoms with Crippen LogP contribution in [0.4, 0.5) is 5.69 Å². The average Bonchev–Trinajstić information content (AvgIpc) is 3.16. The monoisotopic (exact) mass is 568 g/mol. The zero-order valence-electron chi connectivity index (χ0n) is 21.0. The largest absolute Gasteiger partial charge is 0.318 e. The van der Waals surface area contributed by atoms with Gasteiger partial charge in [0, 0.05) is 38.2 Å². The number of hydrogen-bond donors (Lipinski definition) is 1. The first-order chi connectivity index (χ1) is 18.0. The number of nitrogens with one attached hydrogen (secondary N) is 1. The zero-order valence-corrected chi connectivity index (χ0v) is 23.3. The first kappa shape index (κ1) is 27.4. The van der Waals surface area contributed by atoms with E-state index in [4.69, 9.17) is 23.2 Å². The highest BCUT2D eigenvalue weighted by Gasteiger charge is 2.18. The molecule has 0 aliphatic rings. The first-order valence-corrected chi connectivity index (χ1v) is 14.2. The number of nitrogens with zero attached hydrogens (tertiary/aromatic N) is 3. The minimum Gasteiger partial charge on any atom is -0.318 e. The fourth-order valence-electron chi connectivity index (χ4n) is 4.07. The molecule has 4 aromatic rings. The number of anilines is 1. The normalized spacial score (nSPS) is 11.6. The Labute approximate surface area is 232 Å². The van der Waals surface area contributed by atoms with Gasteiger partial charge in [-0.1, -0.05) is 35.3 Å². The maximum Gasteiger partial charge on any atom is 0.271 e. The standard InChI is InChI=1S/C28H26Cl2N4O3S/c1-19-16-23(20(2)34(19)27-14-10-25(30)11-15-27)17-31-32-28(35)22-6-12-26(13-7-22)33(38(3,36)37)18-21-4-8-24(29)9-5-21/h4-17H,18H2,1-3H3,(H,32,35)/b31-17-. The third-order valence-corrected chi connectivity index (χ3v) is 7.63. The lowest BCUT2D eigenvalue weighted by Gasteiger charge is -2.22. The molecule has 1 aromatic heterocycles. The minimum absolute atomic E-state index is 0.139. The molecule has 0 saturated carbocycles. The number of carbonyl (C=O) groups excluding carboxylic acids is 1. The van der Waals surface area contributed by atoms with Crippen molar-refractivity contribution in [2.24, 2.45) is 5.10 Å². The third kappa shape index (κ3) is 6.45. The van der Waals surface area contributed by atoms with Crippen molar-refractivity contribution in [1.29, 1.82) is 0 Å². The van der Waals surface area contributed by atoms with Gasteiger partial charge >= 0.3 is 0 Å². The summed E-state index contributed by atoms with van der Waals surface area (Å²) in [5.74, 6) is -0.414. The van der Waals surface area contributed by atoms with Crippen molar-refractivity contribution >= 4 is 51.0 Å². The van der Waals surface area contributed by atoms with Crippen molar-refractivity contribution in [2.75, 3.05) is 10.6 Å². The summed E-state index contributed by atoms with van der Waals surface area (Å²) in [4.78, 5) is 12.7. The van der Waals surface area contributed by atoms with Gasteiger partial charge in [0.15, 0.2) is 0 Å². The molecule has 1 amide bonds. The molecule has 0 bridgehead atoms. The van der Waals surface area contributed by atoms with Crippen molar-refractivity contribution in [2.45, 2.75) is 20.4 Å². The minimum atomic E-state index is -3.56. The van der Waals surface area contributed by atoms with Crippen LogP contribution >= 0.6 is 23.2 Å². The van der Waals surface area contributed by atoms with E-state index in [-0.39, 0.29) is 6.54 Å². The first-order valence-electron chi connectivity index (χ1n) is 11.6. The van der Waals surface area contributed by atoms with E-state index in [1.54, 1.807) is 54.7 Å². The Bertz CT molecular complexity index is 1580. The van der Waals surface area contributed by atoms with E-state index in [2.05, 4.69) is 15.1 Å². The van der Waals surface area contributed by atoms with Crippen molar-refractivity contribution in [3.63, 3.8) is 0 Å². The average molecular weight is 570 g/mol. The lowest BCUT2D eigenvalue weighted by atomic mass is 10.2. The highest BCUT2D eigenvalue weighted by atomic mass is 35.5. The number of hydrazone groups is 1. The van der Waals surface area contributed by atoms with Crippen LogP contribution in [-0.2, 0) is 16.6 Å². The van der Waals surface area contributed by atoms with E-state index >= 15 is 0 Å². The van der Waals surface area contributed by atoms with Crippen molar-refractivity contribution in [3.8, 4) is 5.69 Å². The molecule has 0 saturated heterocycles. The second kappa shape index (κ2) is 11.4. The van der Waals surface area contributed by atoms with Gasteiger partial charge < -0.3 is 4.57 Å². The van der Waals surface area contributed by atoms with Crippen LogP contribution in [0.15, 0.2) is 84.0 Å². The summed E-state index contributed by atoms with van der Waals surface area (Å²) >= 11 is 11.9. The molecule has 10 heteroatoms. The fourth-order valence-corrected chi connectivity index (χ4v) is 5.21. The molecule has 1 heterocycles. The Morgan fingerprint density at radius 1 is 0.947 bits per heavy atom. The van der Waals surface area contributed by atoms with E-state index < -0.39 is 15.9 Å². The summed E-state index contributed by atoms with van der Waals surface area (Å²) in [6.45, 7) is 4.10. The molecule has 1 N–H and O–H groups in total. The van der Waals surface area contributed by atoms with Crippen LogP contribution in [0.2, 0.25) is 10.0 Å². The van der Waals surface area contributed by atoms with Gasteiger partial charge in [0.1, 0.15) is 0 Å². The Morgan fingerprint density at radius 3 is 2.11 bits per heavy atom. The Balaban J connectivity index is 1.46. The van der Waals surface area contributed by atoms with Gasteiger partial charge in [-0.05, 0) is 86.1 Å². The molecule has 0 spiro atoms. The maximum absolute atomic E-state index is 12.7. The van der Waals surface area contributed by atoms with Gasteiger partial charge in [-0.25, -0.2) is 13.8 Å².